The van der Waals surface area contributed by atoms with Crippen LogP contribution in [0.3, 0.4) is 0 Å². The molecule has 0 amide bonds. The van der Waals surface area contributed by atoms with Crippen LogP contribution >= 0.6 is 0 Å². The van der Waals surface area contributed by atoms with Crippen LogP contribution in [0, 0.1) is 0 Å². The van der Waals surface area contributed by atoms with Crippen LogP contribution < -0.4 is 9.47 Å². The molecule has 0 aliphatic heterocycles. The Hall–Kier alpha value is -1.48. The smallest absolute Gasteiger partial charge is 0.128 e. The molecule has 3 heteroatoms. The van der Waals surface area contributed by atoms with E-state index < -0.39 is 0 Å². The van der Waals surface area contributed by atoms with E-state index in [-0.39, 0.29) is 0 Å². The fraction of sp³-hybridized carbons (Fsp3) is 0.467. The summed E-state index contributed by atoms with van der Waals surface area (Å²) in [6.45, 7) is 4.67. The highest BCUT2D eigenvalue weighted by Crippen LogP contribution is 2.30. The number of benzene rings is 1. The van der Waals surface area contributed by atoms with E-state index in [2.05, 4.69) is 33.8 Å². The van der Waals surface area contributed by atoms with Gasteiger partial charge < -0.3 is 14.0 Å². The fourth-order valence-corrected chi connectivity index (χ4v) is 1.97. The number of rotatable bonds is 6. The van der Waals surface area contributed by atoms with Gasteiger partial charge in [-0.05, 0) is 18.6 Å². The second kappa shape index (κ2) is 5.91. The molecule has 0 heterocycles. The van der Waals surface area contributed by atoms with Crippen molar-refractivity contribution in [3.63, 3.8) is 0 Å². The van der Waals surface area contributed by atoms with Crippen LogP contribution in [0.4, 0.5) is 0 Å². The zero-order chi connectivity index (χ0) is 13.8. The van der Waals surface area contributed by atoms with Gasteiger partial charge in [0.05, 0.1) is 40.9 Å². The second-order valence-electron chi connectivity index (χ2n) is 5.42. The van der Waals surface area contributed by atoms with Gasteiger partial charge in [0, 0.05) is 5.56 Å². The quantitative estimate of drug-likeness (QED) is 0.571. The highest BCUT2D eigenvalue weighted by Gasteiger charge is 2.16. The minimum Gasteiger partial charge on any atom is -0.496 e. The molecule has 0 aliphatic rings. The summed E-state index contributed by atoms with van der Waals surface area (Å²) in [5.41, 5.74) is 2.27. The highest BCUT2D eigenvalue weighted by molar-refractivity contribution is 5.47. The normalized spacial score (nSPS) is 11.2. The van der Waals surface area contributed by atoms with Gasteiger partial charge in [-0.25, -0.2) is 0 Å². The number of ether oxygens (including phenoxy) is 2. The summed E-state index contributed by atoms with van der Waals surface area (Å²) < 4.78 is 11.8. The number of hydrogen-bond acceptors (Lipinski definition) is 2. The molecular weight excluding hydrogens is 226 g/mol. The van der Waals surface area contributed by atoms with E-state index in [1.165, 1.54) is 0 Å². The summed E-state index contributed by atoms with van der Waals surface area (Å²) in [7, 11) is 9.87. The van der Waals surface area contributed by atoms with Crippen molar-refractivity contribution in [2.75, 3.05) is 35.4 Å². The van der Waals surface area contributed by atoms with Crippen LogP contribution in [0.15, 0.2) is 24.8 Å². The van der Waals surface area contributed by atoms with Gasteiger partial charge in [-0.3, -0.25) is 0 Å². The third-order valence-electron chi connectivity index (χ3n) is 2.69. The van der Waals surface area contributed by atoms with Crippen LogP contribution in [0.5, 0.6) is 11.5 Å². The Kier molecular flexibility index (Phi) is 4.79. The molecule has 18 heavy (non-hydrogen) atoms. The van der Waals surface area contributed by atoms with Crippen molar-refractivity contribution in [2.45, 2.75) is 13.0 Å². The molecule has 0 N–H and O–H groups in total. The van der Waals surface area contributed by atoms with E-state index in [1.807, 2.05) is 12.1 Å². The lowest BCUT2D eigenvalue weighted by Gasteiger charge is -2.25. The monoisotopic (exact) mass is 250 g/mol. The first kappa shape index (κ1) is 14.6. The van der Waals surface area contributed by atoms with Gasteiger partial charge in [-0.15, -0.1) is 6.58 Å². The molecule has 0 fully saturated rings. The fourth-order valence-electron chi connectivity index (χ4n) is 1.97. The molecule has 0 radical (unpaired) electrons. The summed E-state index contributed by atoms with van der Waals surface area (Å²) >= 11 is 0. The minimum atomic E-state index is 0.782. The molecule has 1 aromatic carbocycles. The van der Waals surface area contributed by atoms with Crippen molar-refractivity contribution >= 4 is 0 Å². The number of nitrogens with zero attached hydrogens (tertiary/aromatic N) is 1. The topological polar surface area (TPSA) is 18.5 Å². The molecule has 0 spiro atoms. The maximum Gasteiger partial charge on any atom is 0.128 e. The second-order valence-corrected chi connectivity index (χ2v) is 5.42. The maximum absolute atomic E-state index is 5.48. The lowest BCUT2D eigenvalue weighted by Crippen LogP contribution is -2.33. The molecule has 0 saturated carbocycles. The average molecular weight is 250 g/mol. The van der Waals surface area contributed by atoms with Gasteiger partial charge in [0.25, 0.3) is 0 Å². The van der Waals surface area contributed by atoms with Gasteiger partial charge in [-0.1, -0.05) is 6.08 Å². The molecule has 0 saturated heterocycles. The number of allylic oxidation sites excluding steroid dienone is 1. The van der Waals surface area contributed by atoms with Crippen LogP contribution in [-0.4, -0.2) is 39.8 Å². The van der Waals surface area contributed by atoms with Crippen molar-refractivity contribution in [1.82, 2.24) is 0 Å². The van der Waals surface area contributed by atoms with Crippen molar-refractivity contribution in [2.24, 2.45) is 0 Å². The lowest BCUT2D eigenvalue weighted by molar-refractivity contribution is -0.884. The zero-order valence-corrected chi connectivity index (χ0v) is 12.1. The molecule has 0 bridgehead atoms. The Morgan fingerprint density at radius 3 is 2.00 bits per heavy atom. The van der Waals surface area contributed by atoms with E-state index >= 15 is 0 Å². The Morgan fingerprint density at radius 1 is 1.06 bits per heavy atom. The van der Waals surface area contributed by atoms with Gasteiger partial charge in [0.15, 0.2) is 0 Å². The van der Waals surface area contributed by atoms with Gasteiger partial charge in [0.2, 0.25) is 0 Å². The third kappa shape index (κ3) is 3.77. The number of quaternary nitrogens is 1. The van der Waals surface area contributed by atoms with Crippen LogP contribution in [-0.2, 0) is 13.0 Å². The van der Waals surface area contributed by atoms with Gasteiger partial charge in [0.1, 0.15) is 18.0 Å². The van der Waals surface area contributed by atoms with Crippen molar-refractivity contribution < 1.29 is 14.0 Å². The first-order valence-electron chi connectivity index (χ1n) is 6.06. The zero-order valence-electron chi connectivity index (χ0n) is 12.1. The third-order valence-corrected chi connectivity index (χ3v) is 2.69. The Balaban J connectivity index is 3.21. The summed E-state index contributed by atoms with van der Waals surface area (Å²) in [5, 5.41) is 0. The van der Waals surface area contributed by atoms with E-state index in [0.29, 0.717) is 0 Å². The molecule has 0 atom stereocenters. The molecule has 3 nitrogen and oxygen atoms in total. The lowest BCUT2D eigenvalue weighted by atomic mass is 10.1. The molecule has 1 rings (SSSR count). The molecule has 0 unspecified atom stereocenters. The van der Waals surface area contributed by atoms with E-state index in [4.69, 9.17) is 9.47 Å². The van der Waals surface area contributed by atoms with Crippen molar-refractivity contribution in [3.05, 3.63) is 35.9 Å². The molecular formula is C15H24NO2+. The number of hydrogen-bond donors (Lipinski definition) is 0. The van der Waals surface area contributed by atoms with Gasteiger partial charge in [-0.2, -0.15) is 0 Å². The predicted molar refractivity (Wildman–Crippen MR) is 75.2 cm³/mol. The van der Waals surface area contributed by atoms with Gasteiger partial charge >= 0.3 is 0 Å². The highest BCUT2D eigenvalue weighted by atomic mass is 16.5. The first-order chi connectivity index (χ1) is 8.41. The SMILES string of the molecule is C=CCc1cc(OC)c(C[N+](C)(C)C)cc1OC. The molecule has 100 valence electrons. The number of methoxy groups -OCH3 is 2. The summed E-state index contributed by atoms with van der Waals surface area (Å²) in [6, 6.07) is 4.12. The Morgan fingerprint density at radius 2 is 1.56 bits per heavy atom. The van der Waals surface area contributed by atoms with E-state index in [9.17, 15) is 0 Å². The average Bonchev–Trinajstić information content (AvgIpc) is 2.28. The minimum absolute atomic E-state index is 0.782. The summed E-state index contributed by atoms with van der Waals surface area (Å²) in [6.07, 6.45) is 2.65. The van der Waals surface area contributed by atoms with Crippen molar-refractivity contribution in [1.29, 1.82) is 0 Å². The predicted octanol–water partition coefficient (Wildman–Crippen LogP) is 2.64. The summed E-state index contributed by atoms with van der Waals surface area (Å²) in [5.74, 6) is 1.82. The van der Waals surface area contributed by atoms with E-state index in [0.717, 1.165) is 40.1 Å². The van der Waals surface area contributed by atoms with E-state index in [1.54, 1.807) is 14.2 Å². The summed E-state index contributed by atoms with van der Waals surface area (Å²) in [4.78, 5) is 0. The first-order valence-corrected chi connectivity index (χ1v) is 6.06. The largest absolute Gasteiger partial charge is 0.496 e. The van der Waals surface area contributed by atoms with Crippen LogP contribution in [0.25, 0.3) is 0 Å². The molecule has 0 aromatic heterocycles. The van der Waals surface area contributed by atoms with Crippen LogP contribution in [0.1, 0.15) is 11.1 Å². The molecule has 0 aliphatic carbocycles. The molecule has 1 aromatic rings. The Labute approximate surface area is 110 Å². The maximum atomic E-state index is 5.48. The van der Waals surface area contributed by atoms with Crippen molar-refractivity contribution in [3.8, 4) is 11.5 Å². The Bertz CT molecular complexity index is 419. The van der Waals surface area contributed by atoms with Crippen LogP contribution in [0.2, 0.25) is 0 Å². The standard InChI is InChI=1S/C15H24NO2/c1-7-8-12-9-15(18-6)13(10-14(12)17-5)11-16(2,3)4/h7,9-10H,1,8,11H2,2-6H3/q+1.